The number of hydrogen-bond donors (Lipinski definition) is 0. The Morgan fingerprint density at radius 2 is 0.870 bits per heavy atom. The maximum Gasteiger partial charge on any atom is 0.308 e. The van der Waals surface area contributed by atoms with Crippen LogP contribution in [-0.2, 0) is 40.1 Å². The second kappa shape index (κ2) is 15.0. The molecule has 0 bridgehead atoms. The predicted molar refractivity (Wildman–Crippen MR) is 177 cm³/mol. The van der Waals surface area contributed by atoms with E-state index in [1.807, 2.05) is 48.5 Å². The minimum Gasteiger partial charge on any atom is -0.427 e. The fraction of sp³-hybridized carbons (Fsp3) is 0.175. The molecule has 0 aliphatic heterocycles. The van der Waals surface area contributed by atoms with Crippen LogP contribution in [0, 0.1) is 0 Å². The van der Waals surface area contributed by atoms with Crippen LogP contribution < -0.4 is 14.2 Å². The quantitative estimate of drug-likeness (QED) is 0.112. The number of hydrogen-bond acceptors (Lipinski definition) is 6. The van der Waals surface area contributed by atoms with E-state index in [1.165, 1.54) is 20.8 Å². The Hall–Kier alpha value is -5.49. The Bertz CT molecular complexity index is 1840. The standard InChI is InChI=1S/C40H36O6/c1-27(41)44-38-9-6-7-34(25-38)21-30-11-17-33(18-12-30)24-37-20-19-35(26-40(37)46-29(3)43)22-31-13-15-32(16-14-31)23-36-8-4-5-10-39(36)45-28(2)42/h4-20,25-26H,21-24H2,1-3H3. The van der Waals surface area contributed by atoms with Gasteiger partial charge in [-0.1, -0.05) is 91.0 Å². The lowest BCUT2D eigenvalue weighted by Gasteiger charge is -2.13. The van der Waals surface area contributed by atoms with Crippen LogP contribution in [0.5, 0.6) is 17.2 Å². The van der Waals surface area contributed by atoms with Gasteiger partial charge < -0.3 is 14.2 Å². The molecular formula is C40H36O6. The van der Waals surface area contributed by atoms with Crippen LogP contribution in [0.4, 0.5) is 0 Å². The minimum atomic E-state index is -0.358. The van der Waals surface area contributed by atoms with E-state index in [-0.39, 0.29) is 17.9 Å². The SMILES string of the molecule is CC(=O)Oc1cccc(Cc2ccc(Cc3ccc(Cc4ccc(Cc5ccccc5OC(C)=O)cc4)cc3OC(C)=O)cc2)c1. The number of ether oxygens (including phenoxy) is 3. The number of benzene rings is 5. The average molecular weight is 613 g/mol. The molecule has 0 heterocycles. The van der Waals surface area contributed by atoms with Crippen molar-refractivity contribution in [3.8, 4) is 17.2 Å². The second-order valence-electron chi connectivity index (χ2n) is 11.3. The molecule has 5 aromatic carbocycles. The third kappa shape index (κ3) is 9.26. The number of carbonyl (C=O) groups is 3. The maximum atomic E-state index is 12.0. The van der Waals surface area contributed by atoms with Gasteiger partial charge in [0, 0.05) is 33.6 Å². The van der Waals surface area contributed by atoms with Gasteiger partial charge in [-0.2, -0.15) is 0 Å². The van der Waals surface area contributed by atoms with Crippen LogP contribution in [0.25, 0.3) is 0 Å². The second-order valence-corrected chi connectivity index (χ2v) is 11.3. The zero-order chi connectivity index (χ0) is 32.5. The van der Waals surface area contributed by atoms with Crippen molar-refractivity contribution in [2.75, 3.05) is 0 Å². The van der Waals surface area contributed by atoms with E-state index in [0.717, 1.165) is 44.5 Å². The number of para-hydroxylation sites is 1. The van der Waals surface area contributed by atoms with Crippen LogP contribution in [0.15, 0.2) is 115 Å². The summed E-state index contributed by atoms with van der Waals surface area (Å²) in [5.74, 6) is 0.653. The smallest absolute Gasteiger partial charge is 0.308 e. The average Bonchev–Trinajstić information content (AvgIpc) is 3.01. The van der Waals surface area contributed by atoms with Crippen LogP contribution in [0.3, 0.4) is 0 Å². The van der Waals surface area contributed by atoms with E-state index in [4.69, 9.17) is 14.2 Å². The van der Waals surface area contributed by atoms with E-state index in [1.54, 1.807) is 12.1 Å². The lowest BCUT2D eigenvalue weighted by Crippen LogP contribution is -2.05. The molecule has 0 spiro atoms. The van der Waals surface area contributed by atoms with E-state index >= 15 is 0 Å². The summed E-state index contributed by atoms with van der Waals surface area (Å²) in [4.78, 5) is 34.7. The summed E-state index contributed by atoms with van der Waals surface area (Å²) in [5.41, 5.74) is 8.46. The molecule has 0 aliphatic carbocycles. The highest BCUT2D eigenvalue weighted by Crippen LogP contribution is 2.27. The topological polar surface area (TPSA) is 78.9 Å². The van der Waals surface area contributed by atoms with Gasteiger partial charge in [-0.15, -0.1) is 0 Å². The van der Waals surface area contributed by atoms with Crippen molar-refractivity contribution >= 4 is 17.9 Å². The predicted octanol–water partition coefficient (Wildman–Crippen LogP) is 7.83. The zero-order valence-electron chi connectivity index (χ0n) is 26.2. The Kier molecular flexibility index (Phi) is 10.4. The van der Waals surface area contributed by atoms with Crippen LogP contribution >= 0.6 is 0 Å². The lowest BCUT2D eigenvalue weighted by atomic mass is 9.97. The normalized spacial score (nSPS) is 10.7. The molecule has 0 aromatic heterocycles. The Labute approximate surface area is 269 Å². The molecule has 46 heavy (non-hydrogen) atoms. The molecule has 0 amide bonds. The Morgan fingerprint density at radius 1 is 0.413 bits per heavy atom. The lowest BCUT2D eigenvalue weighted by molar-refractivity contribution is -0.132. The minimum absolute atomic E-state index is 0.336. The van der Waals surface area contributed by atoms with Gasteiger partial charge in [0.05, 0.1) is 0 Å². The van der Waals surface area contributed by atoms with Gasteiger partial charge in [-0.05, 0) is 81.6 Å². The first-order valence-electron chi connectivity index (χ1n) is 15.2. The molecule has 0 unspecified atom stereocenters. The van der Waals surface area contributed by atoms with E-state index in [2.05, 4.69) is 54.6 Å². The van der Waals surface area contributed by atoms with Gasteiger partial charge in [0.25, 0.3) is 0 Å². The van der Waals surface area contributed by atoms with E-state index < -0.39 is 0 Å². The van der Waals surface area contributed by atoms with Gasteiger partial charge in [0.15, 0.2) is 0 Å². The monoisotopic (exact) mass is 612 g/mol. The molecule has 0 saturated carbocycles. The first-order chi connectivity index (χ1) is 22.2. The van der Waals surface area contributed by atoms with E-state index in [0.29, 0.717) is 42.9 Å². The summed E-state index contributed by atoms with van der Waals surface area (Å²) < 4.78 is 16.2. The van der Waals surface area contributed by atoms with Gasteiger partial charge in [-0.25, -0.2) is 0 Å². The summed E-state index contributed by atoms with van der Waals surface area (Å²) >= 11 is 0. The summed E-state index contributed by atoms with van der Waals surface area (Å²) in [6.45, 7) is 4.21. The highest BCUT2D eigenvalue weighted by molar-refractivity contribution is 5.71. The molecular weight excluding hydrogens is 576 g/mol. The van der Waals surface area contributed by atoms with Crippen molar-refractivity contribution in [3.05, 3.63) is 160 Å². The molecule has 6 nitrogen and oxygen atoms in total. The molecule has 5 rings (SSSR count). The van der Waals surface area contributed by atoms with Crippen molar-refractivity contribution in [2.24, 2.45) is 0 Å². The highest BCUT2D eigenvalue weighted by atomic mass is 16.5. The van der Waals surface area contributed by atoms with Gasteiger partial charge in [0.2, 0.25) is 0 Å². The summed E-state index contributed by atoms with van der Waals surface area (Å²) in [5, 5.41) is 0. The Balaban J connectivity index is 1.25. The molecule has 0 aliphatic rings. The van der Waals surface area contributed by atoms with Crippen LogP contribution in [-0.4, -0.2) is 17.9 Å². The number of rotatable bonds is 11. The summed E-state index contributed by atoms with van der Waals surface area (Å²) in [6.07, 6.45) is 2.67. The third-order valence-electron chi connectivity index (χ3n) is 7.42. The third-order valence-corrected chi connectivity index (χ3v) is 7.42. The van der Waals surface area contributed by atoms with Gasteiger partial charge in [-0.3, -0.25) is 14.4 Å². The number of carbonyl (C=O) groups excluding carboxylic acids is 3. The maximum absolute atomic E-state index is 12.0. The molecule has 0 atom stereocenters. The number of esters is 3. The fourth-order valence-corrected chi connectivity index (χ4v) is 5.36. The van der Waals surface area contributed by atoms with Crippen molar-refractivity contribution in [2.45, 2.75) is 46.5 Å². The summed E-state index contributed by atoms with van der Waals surface area (Å²) in [7, 11) is 0. The molecule has 5 aromatic rings. The molecule has 0 saturated heterocycles. The molecule has 0 N–H and O–H groups in total. The van der Waals surface area contributed by atoms with Gasteiger partial charge in [0.1, 0.15) is 17.2 Å². The van der Waals surface area contributed by atoms with Crippen molar-refractivity contribution in [3.63, 3.8) is 0 Å². The fourth-order valence-electron chi connectivity index (χ4n) is 5.36. The molecule has 232 valence electrons. The first-order valence-corrected chi connectivity index (χ1v) is 15.2. The van der Waals surface area contributed by atoms with E-state index in [9.17, 15) is 14.4 Å². The van der Waals surface area contributed by atoms with Gasteiger partial charge >= 0.3 is 17.9 Å². The first kappa shape index (κ1) is 31.9. The molecule has 0 radical (unpaired) electrons. The molecule has 6 heteroatoms. The van der Waals surface area contributed by atoms with Crippen LogP contribution in [0.2, 0.25) is 0 Å². The molecule has 0 fully saturated rings. The largest absolute Gasteiger partial charge is 0.427 e. The Morgan fingerprint density at radius 3 is 1.43 bits per heavy atom. The highest BCUT2D eigenvalue weighted by Gasteiger charge is 2.11. The van der Waals surface area contributed by atoms with Crippen molar-refractivity contribution in [1.29, 1.82) is 0 Å². The zero-order valence-corrected chi connectivity index (χ0v) is 26.2. The van der Waals surface area contributed by atoms with Crippen molar-refractivity contribution in [1.82, 2.24) is 0 Å². The van der Waals surface area contributed by atoms with Crippen molar-refractivity contribution < 1.29 is 28.6 Å². The summed E-state index contributed by atoms with van der Waals surface area (Å²) in [6, 6.07) is 37.9. The van der Waals surface area contributed by atoms with Crippen LogP contribution in [0.1, 0.15) is 65.3 Å².